The summed E-state index contributed by atoms with van der Waals surface area (Å²) in [7, 11) is 0. The minimum atomic E-state index is -2.07. The molecule has 3 atom stereocenters. The number of anilines is 1. The van der Waals surface area contributed by atoms with Gasteiger partial charge in [0.2, 0.25) is 5.85 Å². The number of hydrogen-bond donors (Lipinski definition) is 3. The molecule has 3 N–H and O–H groups in total. The number of rotatable bonds is 1. The molecule has 2 aliphatic heterocycles. The highest BCUT2D eigenvalue weighted by Crippen LogP contribution is 2.59. The zero-order valence-corrected chi connectivity index (χ0v) is 12.6. The van der Waals surface area contributed by atoms with Gasteiger partial charge >= 0.3 is 0 Å². The molecule has 2 aliphatic rings. The molecule has 118 valence electrons. The van der Waals surface area contributed by atoms with Gasteiger partial charge in [-0.15, -0.1) is 0 Å². The fourth-order valence-electron chi connectivity index (χ4n) is 3.72. The molecule has 0 saturated carbocycles. The summed E-state index contributed by atoms with van der Waals surface area (Å²) in [6, 6.07) is 15.6. The molecular weight excluding hydrogens is 318 g/mol. The Balaban J connectivity index is 2.44. The Hall–Kier alpha value is -4.03. The van der Waals surface area contributed by atoms with Crippen LogP contribution in [0.1, 0.15) is 5.56 Å². The van der Waals surface area contributed by atoms with Crippen LogP contribution in [0, 0.1) is 68.5 Å². The van der Waals surface area contributed by atoms with Crippen LogP contribution in [0.4, 0.5) is 5.69 Å². The Morgan fingerprint density at radius 2 is 1.68 bits per heavy atom. The molecule has 1 saturated heterocycles. The van der Waals surface area contributed by atoms with Gasteiger partial charge in [0.25, 0.3) is 0 Å². The van der Waals surface area contributed by atoms with Crippen LogP contribution in [0.2, 0.25) is 0 Å². The van der Waals surface area contributed by atoms with Crippen LogP contribution in [-0.4, -0.2) is 11.0 Å². The summed E-state index contributed by atoms with van der Waals surface area (Å²) in [5, 5.41) is 63.8. The maximum atomic E-state index is 11.2. The lowest BCUT2D eigenvalue weighted by Gasteiger charge is -2.37. The third-order valence-electron chi connectivity index (χ3n) is 4.68. The number of para-hydroxylation sites is 1. The van der Waals surface area contributed by atoms with Crippen LogP contribution >= 0.6 is 0 Å². The molecule has 0 amide bonds. The summed E-state index contributed by atoms with van der Waals surface area (Å²) in [6.07, 6.45) is 0. The number of allylic oxidation sites excluding steroid dienone is 2. The predicted molar refractivity (Wildman–Crippen MR) is 81.9 cm³/mol. The molecule has 0 radical (unpaired) electrons. The molecule has 1 aromatic carbocycles. The van der Waals surface area contributed by atoms with E-state index in [9.17, 15) is 20.9 Å². The summed E-state index contributed by atoms with van der Waals surface area (Å²) < 4.78 is 0. The number of nitriles is 5. The van der Waals surface area contributed by atoms with Gasteiger partial charge in [0, 0.05) is 5.69 Å². The average molecular weight is 327 g/mol. The van der Waals surface area contributed by atoms with Crippen LogP contribution in [0.15, 0.2) is 35.5 Å². The van der Waals surface area contributed by atoms with Crippen LogP contribution in [0.3, 0.4) is 0 Å². The van der Waals surface area contributed by atoms with Gasteiger partial charge in [-0.1, -0.05) is 18.2 Å². The molecule has 3 unspecified atom stereocenters. The van der Waals surface area contributed by atoms with Crippen LogP contribution < -0.4 is 10.6 Å². The molecule has 2 heterocycles. The van der Waals surface area contributed by atoms with Crippen LogP contribution in [0.25, 0.3) is 0 Å². The van der Waals surface area contributed by atoms with Crippen molar-refractivity contribution in [1.82, 2.24) is 5.32 Å². The number of benzene rings is 1. The second kappa shape index (κ2) is 5.26. The molecule has 8 heteroatoms. The van der Waals surface area contributed by atoms with Gasteiger partial charge in [-0.25, -0.2) is 0 Å². The van der Waals surface area contributed by atoms with Gasteiger partial charge in [-0.05, 0) is 11.6 Å². The Morgan fingerprint density at radius 3 is 2.24 bits per heavy atom. The predicted octanol–water partition coefficient (Wildman–Crippen LogP) is 0.704. The Kier molecular flexibility index (Phi) is 3.33. The maximum absolute atomic E-state index is 11.2. The number of nitrogens with one attached hydrogen (secondary N) is 2. The Bertz CT molecular complexity index is 980. The highest BCUT2D eigenvalue weighted by Gasteiger charge is 2.72. The SMILES string of the molecule is N#CC(C#N)=C1NC2(O)Nc3ccccc3C2(C(C#N)C#N)C1C#N. The standard InChI is InChI=1S/C17H9N7O/c18-5-10(6-19)15-13(9-22)16(11(7-20)8-21)12-3-1-2-4-14(12)23-17(16,25)24-15/h1-4,11,13,23-25H. The van der Waals surface area contributed by atoms with Crippen LogP contribution in [-0.2, 0) is 5.41 Å². The van der Waals surface area contributed by atoms with Gasteiger partial charge in [0.05, 0.1) is 23.9 Å². The van der Waals surface area contributed by atoms with Crippen molar-refractivity contribution in [2.24, 2.45) is 11.8 Å². The molecule has 0 spiro atoms. The van der Waals surface area contributed by atoms with E-state index >= 15 is 0 Å². The third kappa shape index (κ3) is 1.68. The minimum absolute atomic E-state index is 0.104. The van der Waals surface area contributed by atoms with E-state index in [2.05, 4.69) is 10.6 Å². The summed E-state index contributed by atoms with van der Waals surface area (Å²) in [5.41, 5.74) is -1.33. The lowest BCUT2D eigenvalue weighted by Crippen LogP contribution is -2.60. The Morgan fingerprint density at radius 1 is 1.04 bits per heavy atom. The first kappa shape index (κ1) is 15.9. The van der Waals surface area contributed by atoms with E-state index in [0.29, 0.717) is 11.3 Å². The number of nitrogens with zero attached hydrogens (tertiary/aromatic N) is 5. The third-order valence-corrected chi connectivity index (χ3v) is 4.68. The molecule has 1 aromatic rings. The molecule has 1 fully saturated rings. The number of hydrogen-bond acceptors (Lipinski definition) is 8. The van der Waals surface area contributed by atoms with Crippen molar-refractivity contribution < 1.29 is 5.11 Å². The molecule has 25 heavy (non-hydrogen) atoms. The fraction of sp³-hybridized carbons (Fsp3) is 0.235. The van der Waals surface area contributed by atoms with Crippen molar-refractivity contribution in [3.05, 3.63) is 41.1 Å². The summed E-state index contributed by atoms with van der Waals surface area (Å²) in [6.45, 7) is 0. The molecule has 8 nitrogen and oxygen atoms in total. The second-order valence-corrected chi connectivity index (χ2v) is 5.64. The van der Waals surface area contributed by atoms with Gasteiger partial charge in [-0.2, -0.15) is 26.3 Å². The fourth-order valence-corrected chi connectivity index (χ4v) is 3.72. The molecule has 0 aliphatic carbocycles. The highest BCUT2D eigenvalue weighted by atomic mass is 16.3. The lowest BCUT2D eigenvalue weighted by molar-refractivity contribution is -0.0170. The quantitative estimate of drug-likeness (QED) is 0.634. The number of aliphatic hydroxyl groups is 1. The summed E-state index contributed by atoms with van der Waals surface area (Å²) in [5.74, 6) is -4.75. The normalized spacial score (nSPS) is 28.0. The van der Waals surface area contributed by atoms with E-state index < -0.39 is 23.1 Å². The zero-order chi connectivity index (χ0) is 18.2. The zero-order valence-electron chi connectivity index (χ0n) is 12.6. The van der Waals surface area contributed by atoms with E-state index in [4.69, 9.17) is 10.5 Å². The van der Waals surface area contributed by atoms with E-state index in [1.165, 1.54) is 0 Å². The largest absolute Gasteiger partial charge is 0.353 e. The van der Waals surface area contributed by atoms with Crippen LogP contribution in [0.5, 0.6) is 0 Å². The minimum Gasteiger partial charge on any atom is -0.353 e. The first-order valence-corrected chi connectivity index (χ1v) is 7.15. The van der Waals surface area contributed by atoms with Crippen molar-refractivity contribution in [2.45, 2.75) is 11.3 Å². The van der Waals surface area contributed by atoms with Gasteiger partial charge in [0.1, 0.15) is 29.0 Å². The van der Waals surface area contributed by atoms with E-state index in [1.54, 1.807) is 36.4 Å². The summed E-state index contributed by atoms with van der Waals surface area (Å²) >= 11 is 0. The van der Waals surface area contributed by atoms with E-state index in [0.717, 1.165) is 0 Å². The van der Waals surface area contributed by atoms with Gasteiger partial charge in [0.15, 0.2) is 5.92 Å². The van der Waals surface area contributed by atoms with E-state index in [-0.39, 0.29) is 11.3 Å². The van der Waals surface area contributed by atoms with Crippen molar-refractivity contribution in [2.75, 3.05) is 5.32 Å². The topological polar surface area (TPSA) is 163 Å². The lowest BCUT2D eigenvalue weighted by atomic mass is 9.63. The highest BCUT2D eigenvalue weighted by molar-refractivity contribution is 5.69. The van der Waals surface area contributed by atoms with Gasteiger partial charge in [-0.3, -0.25) is 0 Å². The first-order chi connectivity index (χ1) is 12.0. The summed E-state index contributed by atoms with van der Waals surface area (Å²) in [4.78, 5) is 0. The monoisotopic (exact) mass is 327 g/mol. The van der Waals surface area contributed by atoms with Crippen molar-refractivity contribution in [1.29, 1.82) is 26.3 Å². The molecular formula is C17H9N7O. The molecule has 0 bridgehead atoms. The van der Waals surface area contributed by atoms with Crippen molar-refractivity contribution >= 4 is 5.69 Å². The molecule has 3 rings (SSSR count). The van der Waals surface area contributed by atoms with Crippen molar-refractivity contribution in [3.63, 3.8) is 0 Å². The van der Waals surface area contributed by atoms with E-state index in [1.807, 2.05) is 18.2 Å². The van der Waals surface area contributed by atoms with Gasteiger partial charge < -0.3 is 15.7 Å². The smallest absolute Gasteiger partial charge is 0.228 e. The first-order valence-electron chi connectivity index (χ1n) is 7.15. The average Bonchev–Trinajstić information content (AvgIpc) is 3.01. The maximum Gasteiger partial charge on any atom is 0.228 e. The number of fused-ring (bicyclic) bond motifs is 3. The molecule has 0 aromatic heterocycles. The Labute approximate surface area is 143 Å². The van der Waals surface area contributed by atoms with Crippen molar-refractivity contribution in [3.8, 4) is 30.3 Å². The second-order valence-electron chi connectivity index (χ2n) is 5.64.